The normalized spacial score (nSPS) is 21.8. The Morgan fingerprint density at radius 1 is 1.38 bits per heavy atom. The van der Waals surface area contributed by atoms with Gasteiger partial charge in [0.2, 0.25) is 0 Å². The standard InChI is InChI=1S/C16H23NO4/c1-2-20-16(19)13-3-5-14(6-4-13)21-10-8-12-7-9-17-11-15(12)18/h3-6,12,15,17-18H,2,7-11H2,1H3. The lowest BCUT2D eigenvalue weighted by Crippen LogP contribution is -2.40. The number of carbonyl (C=O) groups is 1. The van der Waals surface area contributed by atoms with Gasteiger partial charge in [-0.3, -0.25) is 0 Å². The van der Waals surface area contributed by atoms with Gasteiger partial charge in [0.05, 0.1) is 24.9 Å². The van der Waals surface area contributed by atoms with Crippen molar-refractivity contribution in [2.24, 2.45) is 5.92 Å². The maximum Gasteiger partial charge on any atom is 0.338 e. The summed E-state index contributed by atoms with van der Waals surface area (Å²) in [5.41, 5.74) is 0.526. The summed E-state index contributed by atoms with van der Waals surface area (Å²) in [4.78, 5) is 11.5. The highest BCUT2D eigenvalue weighted by atomic mass is 16.5. The Morgan fingerprint density at radius 2 is 2.14 bits per heavy atom. The van der Waals surface area contributed by atoms with Crippen LogP contribution in [0.5, 0.6) is 5.75 Å². The third-order valence-electron chi connectivity index (χ3n) is 3.71. The maximum absolute atomic E-state index is 11.5. The van der Waals surface area contributed by atoms with Gasteiger partial charge in [-0.25, -0.2) is 4.79 Å². The molecule has 1 aliphatic heterocycles. The van der Waals surface area contributed by atoms with E-state index in [9.17, 15) is 9.90 Å². The van der Waals surface area contributed by atoms with Crippen LogP contribution < -0.4 is 10.1 Å². The Bertz CT molecular complexity index is 446. The number of aliphatic hydroxyl groups excluding tert-OH is 1. The first-order valence-corrected chi connectivity index (χ1v) is 7.49. The molecule has 1 aromatic carbocycles. The van der Waals surface area contributed by atoms with Crippen molar-refractivity contribution in [1.82, 2.24) is 5.32 Å². The van der Waals surface area contributed by atoms with E-state index >= 15 is 0 Å². The molecular weight excluding hydrogens is 270 g/mol. The number of benzene rings is 1. The van der Waals surface area contributed by atoms with Crippen LogP contribution in [0.4, 0.5) is 0 Å². The molecule has 0 spiro atoms. The summed E-state index contributed by atoms with van der Waals surface area (Å²) in [5.74, 6) is 0.707. The van der Waals surface area contributed by atoms with E-state index in [0.29, 0.717) is 31.2 Å². The fraction of sp³-hybridized carbons (Fsp3) is 0.562. The Labute approximate surface area is 125 Å². The SMILES string of the molecule is CCOC(=O)c1ccc(OCCC2CCNCC2O)cc1. The first-order chi connectivity index (χ1) is 10.2. The van der Waals surface area contributed by atoms with Crippen LogP contribution in [0.25, 0.3) is 0 Å². The van der Waals surface area contributed by atoms with E-state index in [0.717, 1.165) is 25.1 Å². The molecule has 1 saturated heterocycles. The number of hydrogen-bond acceptors (Lipinski definition) is 5. The van der Waals surface area contributed by atoms with Crippen LogP contribution >= 0.6 is 0 Å². The smallest absolute Gasteiger partial charge is 0.338 e. The van der Waals surface area contributed by atoms with E-state index in [1.807, 2.05) is 0 Å². The predicted molar refractivity (Wildman–Crippen MR) is 79.5 cm³/mol. The molecule has 5 heteroatoms. The van der Waals surface area contributed by atoms with Gasteiger partial charge in [-0.15, -0.1) is 0 Å². The van der Waals surface area contributed by atoms with Gasteiger partial charge < -0.3 is 19.9 Å². The van der Waals surface area contributed by atoms with E-state index in [4.69, 9.17) is 9.47 Å². The molecule has 2 atom stereocenters. The number of ether oxygens (including phenoxy) is 2. The quantitative estimate of drug-likeness (QED) is 0.780. The van der Waals surface area contributed by atoms with Crippen LogP contribution in [0.3, 0.4) is 0 Å². The van der Waals surface area contributed by atoms with Crippen molar-refractivity contribution >= 4 is 5.97 Å². The lowest BCUT2D eigenvalue weighted by molar-refractivity contribution is 0.0526. The van der Waals surface area contributed by atoms with Crippen LogP contribution in [0, 0.1) is 5.92 Å². The van der Waals surface area contributed by atoms with Crippen molar-refractivity contribution in [3.05, 3.63) is 29.8 Å². The van der Waals surface area contributed by atoms with Gasteiger partial charge in [0.25, 0.3) is 0 Å². The van der Waals surface area contributed by atoms with Crippen LogP contribution in [-0.4, -0.2) is 43.5 Å². The monoisotopic (exact) mass is 293 g/mol. The minimum absolute atomic E-state index is 0.284. The van der Waals surface area contributed by atoms with Gasteiger partial charge in [0.15, 0.2) is 0 Å². The molecule has 2 unspecified atom stereocenters. The Morgan fingerprint density at radius 3 is 2.81 bits per heavy atom. The molecule has 116 valence electrons. The van der Waals surface area contributed by atoms with Crippen LogP contribution in [0.15, 0.2) is 24.3 Å². The number of rotatable bonds is 6. The van der Waals surface area contributed by atoms with Crippen molar-refractivity contribution in [1.29, 1.82) is 0 Å². The van der Waals surface area contributed by atoms with Crippen molar-refractivity contribution in [2.75, 3.05) is 26.3 Å². The summed E-state index contributed by atoms with van der Waals surface area (Å²) < 4.78 is 10.6. The summed E-state index contributed by atoms with van der Waals surface area (Å²) in [6, 6.07) is 6.94. The van der Waals surface area contributed by atoms with Crippen LogP contribution in [-0.2, 0) is 4.74 Å². The molecule has 1 aromatic rings. The molecule has 0 bridgehead atoms. The molecular formula is C16H23NO4. The first kappa shape index (κ1) is 15.8. The second kappa shape index (κ2) is 8.00. The number of piperidine rings is 1. The highest BCUT2D eigenvalue weighted by Gasteiger charge is 2.22. The third-order valence-corrected chi connectivity index (χ3v) is 3.71. The van der Waals surface area contributed by atoms with Gasteiger partial charge in [0.1, 0.15) is 5.75 Å². The second-order valence-electron chi connectivity index (χ2n) is 5.20. The van der Waals surface area contributed by atoms with Gasteiger partial charge in [-0.1, -0.05) is 0 Å². The zero-order valence-electron chi connectivity index (χ0n) is 12.4. The lowest BCUT2D eigenvalue weighted by atomic mass is 9.92. The number of nitrogens with one attached hydrogen (secondary N) is 1. The molecule has 0 aliphatic carbocycles. The number of esters is 1. The third kappa shape index (κ3) is 4.72. The molecule has 0 amide bonds. The summed E-state index contributed by atoms with van der Waals surface area (Å²) in [6.45, 7) is 4.34. The van der Waals surface area contributed by atoms with E-state index in [-0.39, 0.29) is 12.1 Å². The molecule has 5 nitrogen and oxygen atoms in total. The van der Waals surface area contributed by atoms with E-state index in [1.165, 1.54) is 0 Å². The molecule has 0 aromatic heterocycles. The summed E-state index contributed by atoms with van der Waals surface area (Å²) >= 11 is 0. The Kier molecular flexibility index (Phi) is 6.02. The number of aliphatic hydroxyl groups is 1. The first-order valence-electron chi connectivity index (χ1n) is 7.49. The van der Waals surface area contributed by atoms with Gasteiger partial charge >= 0.3 is 5.97 Å². The van der Waals surface area contributed by atoms with Gasteiger partial charge in [-0.05, 0) is 56.5 Å². The number of carbonyl (C=O) groups excluding carboxylic acids is 1. The topological polar surface area (TPSA) is 67.8 Å². The van der Waals surface area contributed by atoms with Crippen molar-refractivity contribution in [3.8, 4) is 5.75 Å². The molecule has 1 aliphatic rings. The molecule has 2 rings (SSSR count). The average Bonchev–Trinajstić information content (AvgIpc) is 2.50. The number of hydrogen-bond donors (Lipinski definition) is 2. The van der Waals surface area contributed by atoms with Crippen molar-refractivity contribution < 1.29 is 19.4 Å². The van der Waals surface area contributed by atoms with Gasteiger partial charge in [-0.2, -0.15) is 0 Å². The zero-order valence-corrected chi connectivity index (χ0v) is 12.4. The lowest BCUT2D eigenvalue weighted by Gasteiger charge is -2.28. The molecule has 21 heavy (non-hydrogen) atoms. The summed E-state index contributed by atoms with van der Waals surface area (Å²) in [5, 5.41) is 13.0. The van der Waals surface area contributed by atoms with Crippen molar-refractivity contribution in [3.63, 3.8) is 0 Å². The molecule has 1 fully saturated rings. The minimum atomic E-state index is -0.318. The summed E-state index contributed by atoms with van der Waals surface area (Å²) in [6.07, 6.45) is 1.53. The van der Waals surface area contributed by atoms with Crippen LogP contribution in [0.1, 0.15) is 30.1 Å². The zero-order chi connectivity index (χ0) is 15.1. The fourth-order valence-corrected chi connectivity index (χ4v) is 2.46. The Hall–Kier alpha value is -1.59. The van der Waals surface area contributed by atoms with Gasteiger partial charge in [0, 0.05) is 6.54 Å². The second-order valence-corrected chi connectivity index (χ2v) is 5.20. The van der Waals surface area contributed by atoms with E-state index < -0.39 is 0 Å². The average molecular weight is 293 g/mol. The molecule has 0 radical (unpaired) electrons. The molecule has 1 heterocycles. The maximum atomic E-state index is 11.5. The Balaban J connectivity index is 1.77. The molecule has 0 saturated carbocycles. The van der Waals surface area contributed by atoms with Crippen LogP contribution in [0.2, 0.25) is 0 Å². The van der Waals surface area contributed by atoms with Crippen molar-refractivity contribution in [2.45, 2.75) is 25.9 Å². The van der Waals surface area contributed by atoms with E-state index in [1.54, 1.807) is 31.2 Å². The predicted octanol–water partition coefficient (Wildman–Crippen LogP) is 1.60. The summed E-state index contributed by atoms with van der Waals surface area (Å²) in [7, 11) is 0. The number of β-amino-alcohol motifs (C(OH)–C–C–N with tert-alkyl or cyclic N) is 1. The van der Waals surface area contributed by atoms with E-state index in [2.05, 4.69) is 5.32 Å². The highest BCUT2D eigenvalue weighted by molar-refractivity contribution is 5.89. The largest absolute Gasteiger partial charge is 0.494 e. The molecule has 2 N–H and O–H groups in total. The fourth-order valence-electron chi connectivity index (χ4n) is 2.46. The minimum Gasteiger partial charge on any atom is -0.494 e. The highest BCUT2D eigenvalue weighted by Crippen LogP contribution is 2.18.